The molecule has 0 saturated carbocycles. The van der Waals surface area contributed by atoms with Crippen molar-refractivity contribution in [2.45, 2.75) is 39.2 Å². The summed E-state index contributed by atoms with van der Waals surface area (Å²) >= 11 is 6.12. The fourth-order valence-corrected chi connectivity index (χ4v) is 2.97. The van der Waals surface area contributed by atoms with Crippen molar-refractivity contribution < 1.29 is 17.5 Å². The van der Waals surface area contributed by atoms with Crippen LogP contribution in [-0.4, -0.2) is 24.4 Å². The molecule has 7 heteroatoms. The number of aryl methyl sites for hydroxylation is 1. The first-order chi connectivity index (χ1) is 9.11. The summed E-state index contributed by atoms with van der Waals surface area (Å²) in [7, 11) is -4.18. The van der Waals surface area contributed by atoms with Gasteiger partial charge in [-0.15, -0.1) is 0 Å². The molecule has 110 valence electrons. The predicted molar refractivity (Wildman–Crippen MR) is 76.6 cm³/mol. The van der Waals surface area contributed by atoms with Crippen molar-refractivity contribution >= 4 is 33.2 Å². The molecule has 0 fully saturated rings. The number of aromatic nitrogens is 1. The third kappa shape index (κ3) is 3.02. The zero-order valence-electron chi connectivity index (χ0n) is 11.7. The fraction of sp³-hybridized carbons (Fsp3) is 0.538. The molecule has 0 bridgehead atoms. The molecule has 0 amide bonds. The molecule has 1 aliphatic rings. The third-order valence-electron chi connectivity index (χ3n) is 3.72. The summed E-state index contributed by atoms with van der Waals surface area (Å²) < 4.78 is 33.8. The fourth-order valence-electron chi connectivity index (χ4n) is 2.26. The minimum absolute atomic E-state index is 0.188. The van der Waals surface area contributed by atoms with Crippen LogP contribution in [0.2, 0.25) is 5.02 Å². The van der Waals surface area contributed by atoms with Crippen molar-refractivity contribution in [2.24, 2.45) is 4.99 Å². The van der Waals surface area contributed by atoms with Crippen LogP contribution in [0.4, 0.5) is 5.82 Å². The molecule has 0 aromatic carbocycles. The molecule has 0 atom stereocenters. The summed E-state index contributed by atoms with van der Waals surface area (Å²) in [5, 5.41) is 0.576. The van der Waals surface area contributed by atoms with Gasteiger partial charge in [-0.1, -0.05) is 11.6 Å². The maximum Gasteiger partial charge on any atom is 0.327 e. The first kappa shape index (κ1) is 15.4. The maximum absolute atomic E-state index is 10.7. The first-order valence-electron chi connectivity index (χ1n) is 6.34. The highest BCUT2D eigenvalue weighted by atomic mass is 35.5. The lowest BCUT2D eigenvalue weighted by Gasteiger charge is -2.16. The zero-order chi connectivity index (χ0) is 15.1. The molecule has 0 N–H and O–H groups in total. The van der Waals surface area contributed by atoms with Crippen LogP contribution in [0.3, 0.4) is 0 Å². The summed E-state index contributed by atoms with van der Waals surface area (Å²) in [6.07, 6.45) is 1.97. The number of hydrogen-bond donors (Lipinski definition) is 0. The van der Waals surface area contributed by atoms with Gasteiger partial charge in [0.05, 0.1) is 32.7 Å². The molecule has 1 aromatic rings. The molecule has 20 heavy (non-hydrogen) atoms. The number of rotatable bonds is 4. The van der Waals surface area contributed by atoms with Crippen molar-refractivity contribution in [3.05, 3.63) is 22.8 Å². The van der Waals surface area contributed by atoms with E-state index < -0.39 is 10.1 Å². The van der Waals surface area contributed by atoms with Gasteiger partial charge >= 0.3 is 5.82 Å². The lowest BCUT2D eigenvalue weighted by atomic mass is 9.83. The van der Waals surface area contributed by atoms with Crippen LogP contribution in [0.25, 0.3) is 0 Å². The van der Waals surface area contributed by atoms with Crippen molar-refractivity contribution in [3.8, 4) is 0 Å². The highest BCUT2D eigenvalue weighted by Gasteiger charge is 2.41. The minimum Gasteiger partial charge on any atom is -0.748 e. The second-order valence-electron chi connectivity index (χ2n) is 5.53. The second kappa shape index (κ2) is 5.09. The summed E-state index contributed by atoms with van der Waals surface area (Å²) in [5.74, 6) is 0.410. The highest BCUT2D eigenvalue weighted by Crippen LogP contribution is 2.38. The number of fused-ring (bicyclic) bond motifs is 1. The summed E-state index contributed by atoms with van der Waals surface area (Å²) in [5.41, 5.74) is 1.82. The van der Waals surface area contributed by atoms with Crippen molar-refractivity contribution in [2.75, 3.05) is 5.75 Å². The van der Waals surface area contributed by atoms with E-state index >= 15 is 0 Å². The molecule has 2 heterocycles. The molecule has 0 aliphatic carbocycles. The minimum atomic E-state index is -4.18. The lowest BCUT2D eigenvalue weighted by molar-refractivity contribution is -0.684. The molecule has 5 nitrogen and oxygen atoms in total. The molecule has 1 aromatic heterocycles. The van der Waals surface area contributed by atoms with Crippen molar-refractivity contribution in [1.29, 1.82) is 0 Å². The van der Waals surface area contributed by atoms with Gasteiger partial charge in [-0.2, -0.15) is 0 Å². The second-order valence-corrected chi connectivity index (χ2v) is 7.49. The Balaban J connectivity index is 2.32. The molecule has 0 spiro atoms. The molecular formula is C13H17ClN2O3S. The number of pyridine rings is 1. The van der Waals surface area contributed by atoms with E-state index in [-0.39, 0.29) is 17.6 Å². The van der Waals surface area contributed by atoms with Crippen molar-refractivity contribution in [3.63, 3.8) is 0 Å². The monoisotopic (exact) mass is 316 g/mol. The molecule has 0 radical (unpaired) electrons. The SMILES string of the molecule is CC1=Nc2c(cc(Cl)c[n+]2CCCS(=O)(=O)[O-])C1(C)C. The van der Waals surface area contributed by atoms with Gasteiger partial charge in [-0.05, 0) is 38.3 Å². The molecule has 0 saturated heterocycles. The van der Waals surface area contributed by atoms with Gasteiger partial charge < -0.3 is 4.55 Å². The Kier molecular flexibility index (Phi) is 3.92. The van der Waals surface area contributed by atoms with Crippen LogP contribution in [-0.2, 0) is 22.1 Å². The van der Waals surface area contributed by atoms with E-state index in [1.54, 1.807) is 6.20 Å². The van der Waals surface area contributed by atoms with Crippen LogP contribution in [0.15, 0.2) is 17.3 Å². The van der Waals surface area contributed by atoms with Gasteiger partial charge in [0, 0.05) is 5.75 Å². The Morgan fingerprint density at radius 1 is 1.45 bits per heavy atom. The Hall–Kier alpha value is -0.980. The Labute approximate surface area is 124 Å². The van der Waals surface area contributed by atoms with E-state index in [2.05, 4.69) is 18.8 Å². The van der Waals surface area contributed by atoms with Gasteiger partial charge in [0.25, 0.3) is 0 Å². The normalized spacial score (nSPS) is 16.9. The smallest absolute Gasteiger partial charge is 0.327 e. The van der Waals surface area contributed by atoms with E-state index in [0.717, 1.165) is 17.1 Å². The van der Waals surface area contributed by atoms with E-state index in [0.29, 0.717) is 11.6 Å². The molecule has 2 rings (SSSR count). The first-order valence-corrected chi connectivity index (χ1v) is 8.29. The summed E-state index contributed by atoms with van der Waals surface area (Å²) in [4.78, 5) is 4.55. The van der Waals surface area contributed by atoms with Crippen LogP contribution >= 0.6 is 11.6 Å². The van der Waals surface area contributed by atoms with Crippen LogP contribution in [0.5, 0.6) is 0 Å². The van der Waals surface area contributed by atoms with E-state index in [9.17, 15) is 13.0 Å². The number of nitrogens with zero attached hydrogens (tertiary/aromatic N) is 2. The lowest BCUT2D eigenvalue weighted by Crippen LogP contribution is -2.36. The maximum atomic E-state index is 10.7. The molecule has 0 unspecified atom stereocenters. The number of halogens is 1. The van der Waals surface area contributed by atoms with Crippen LogP contribution in [0, 0.1) is 0 Å². The zero-order valence-corrected chi connectivity index (χ0v) is 13.3. The topological polar surface area (TPSA) is 73.4 Å². The standard InChI is InChI=1S/C13H17ClN2O3S/c1-9-13(2,3)11-7-10(14)8-16(12(11)15-9)5-4-6-20(17,18)19/h7-8H,4-6H2,1-3H3. The predicted octanol–water partition coefficient (Wildman–Crippen LogP) is 1.95. The Morgan fingerprint density at radius 3 is 2.70 bits per heavy atom. The van der Waals surface area contributed by atoms with Gasteiger partial charge in [-0.25, -0.2) is 13.0 Å². The van der Waals surface area contributed by atoms with Gasteiger partial charge in [0.2, 0.25) is 0 Å². The van der Waals surface area contributed by atoms with Crippen LogP contribution in [0.1, 0.15) is 32.8 Å². The van der Waals surface area contributed by atoms with E-state index in [1.807, 2.05) is 17.6 Å². The Bertz CT molecular complexity index is 681. The number of hydrogen-bond acceptors (Lipinski definition) is 4. The van der Waals surface area contributed by atoms with Crippen molar-refractivity contribution in [1.82, 2.24) is 0 Å². The third-order valence-corrected chi connectivity index (χ3v) is 4.71. The van der Waals surface area contributed by atoms with Crippen LogP contribution < -0.4 is 4.57 Å². The summed E-state index contributed by atoms with van der Waals surface area (Å²) in [6, 6.07) is 1.89. The molecular weight excluding hydrogens is 300 g/mol. The average Bonchev–Trinajstić information content (AvgIpc) is 2.50. The quantitative estimate of drug-likeness (QED) is 0.629. The van der Waals surface area contributed by atoms with Gasteiger partial charge in [0.1, 0.15) is 11.9 Å². The molecule has 1 aliphatic heterocycles. The van der Waals surface area contributed by atoms with E-state index in [1.165, 1.54) is 0 Å². The van der Waals surface area contributed by atoms with E-state index in [4.69, 9.17) is 11.6 Å². The average molecular weight is 317 g/mol. The largest absolute Gasteiger partial charge is 0.748 e. The summed E-state index contributed by atoms with van der Waals surface area (Å²) in [6.45, 7) is 6.50. The number of aliphatic imine (C=N–C) groups is 1. The highest BCUT2D eigenvalue weighted by molar-refractivity contribution is 7.85. The Morgan fingerprint density at radius 2 is 2.10 bits per heavy atom. The van der Waals surface area contributed by atoms with Gasteiger partial charge in [0.15, 0.2) is 0 Å². The van der Waals surface area contributed by atoms with Gasteiger partial charge in [-0.3, -0.25) is 0 Å².